The third-order valence-electron chi connectivity index (χ3n) is 2.45. The molecule has 0 saturated carbocycles. The molecular weight excluding hydrogens is 299 g/mol. The van der Waals surface area contributed by atoms with Gasteiger partial charge >= 0.3 is 0 Å². The molecule has 0 aliphatic carbocycles. The molecule has 0 atom stereocenters. The highest BCUT2D eigenvalue weighted by atomic mass is 79.9. The standard InChI is InChI=1S/C14H12BrFO2/c1-17-12-5-2-10(3-6-12)9-18-14-8-11(15)4-7-13(14)16/h2-8H,9H2,1H3. The van der Waals surface area contributed by atoms with Crippen molar-refractivity contribution in [2.75, 3.05) is 7.11 Å². The first kappa shape index (κ1) is 12.9. The highest BCUT2D eigenvalue weighted by Crippen LogP contribution is 2.23. The molecule has 2 aromatic rings. The largest absolute Gasteiger partial charge is 0.497 e. The molecule has 0 aromatic heterocycles. The Bertz CT molecular complexity index is 526. The van der Waals surface area contributed by atoms with Crippen molar-refractivity contribution in [1.82, 2.24) is 0 Å². The Morgan fingerprint density at radius 2 is 1.83 bits per heavy atom. The molecule has 0 bridgehead atoms. The van der Waals surface area contributed by atoms with Gasteiger partial charge in [0.05, 0.1) is 7.11 Å². The van der Waals surface area contributed by atoms with Crippen LogP contribution in [0.15, 0.2) is 46.9 Å². The Balaban J connectivity index is 2.04. The first-order chi connectivity index (χ1) is 8.69. The van der Waals surface area contributed by atoms with Crippen molar-refractivity contribution in [2.24, 2.45) is 0 Å². The molecule has 2 aromatic carbocycles. The van der Waals surface area contributed by atoms with Gasteiger partial charge in [0.25, 0.3) is 0 Å². The van der Waals surface area contributed by atoms with Crippen molar-refractivity contribution in [3.63, 3.8) is 0 Å². The molecule has 0 aliphatic heterocycles. The van der Waals surface area contributed by atoms with Gasteiger partial charge in [-0.15, -0.1) is 0 Å². The number of benzene rings is 2. The molecule has 0 saturated heterocycles. The lowest BCUT2D eigenvalue weighted by Gasteiger charge is -2.08. The van der Waals surface area contributed by atoms with Crippen molar-refractivity contribution < 1.29 is 13.9 Å². The lowest BCUT2D eigenvalue weighted by Crippen LogP contribution is -1.97. The minimum absolute atomic E-state index is 0.236. The Hall–Kier alpha value is -1.55. The van der Waals surface area contributed by atoms with E-state index in [2.05, 4.69) is 15.9 Å². The minimum atomic E-state index is -0.369. The van der Waals surface area contributed by atoms with Crippen LogP contribution in [0.4, 0.5) is 4.39 Å². The summed E-state index contributed by atoms with van der Waals surface area (Å²) in [6, 6.07) is 12.1. The molecule has 0 amide bonds. The molecule has 0 radical (unpaired) electrons. The fourth-order valence-electron chi connectivity index (χ4n) is 1.47. The first-order valence-corrected chi connectivity index (χ1v) is 6.19. The van der Waals surface area contributed by atoms with Crippen LogP contribution in [0.5, 0.6) is 11.5 Å². The van der Waals surface area contributed by atoms with E-state index in [1.807, 2.05) is 24.3 Å². The van der Waals surface area contributed by atoms with Crippen molar-refractivity contribution in [2.45, 2.75) is 6.61 Å². The Labute approximate surface area is 113 Å². The van der Waals surface area contributed by atoms with Gasteiger partial charge in [0.1, 0.15) is 12.4 Å². The highest BCUT2D eigenvalue weighted by Gasteiger charge is 2.04. The van der Waals surface area contributed by atoms with Gasteiger partial charge in [0.15, 0.2) is 11.6 Å². The number of halogens is 2. The van der Waals surface area contributed by atoms with E-state index in [1.54, 1.807) is 19.2 Å². The van der Waals surface area contributed by atoms with Crippen LogP contribution in [0.25, 0.3) is 0 Å². The summed E-state index contributed by atoms with van der Waals surface area (Å²) < 4.78 is 24.7. The summed E-state index contributed by atoms with van der Waals surface area (Å²) in [5.41, 5.74) is 0.954. The first-order valence-electron chi connectivity index (χ1n) is 5.40. The van der Waals surface area contributed by atoms with Crippen LogP contribution in [0.3, 0.4) is 0 Å². The zero-order valence-corrected chi connectivity index (χ0v) is 11.4. The van der Waals surface area contributed by atoms with Gasteiger partial charge in [-0.3, -0.25) is 0 Å². The van der Waals surface area contributed by atoms with Crippen molar-refractivity contribution >= 4 is 15.9 Å². The van der Waals surface area contributed by atoms with Gasteiger partial charge in [-0.05, 0) is 35.9 Å². The van der Waals surface area contributed by atoms with Gasteiger partial charge in [-0.2, -0.15) is 0 Å². The molecule has 2 nitrogen and oxygen atoms in total. The maximum Gasteiger partial charge on any atom is 0.165 e. The van der Waals surface area contributed by atoms with Gasteiger partial charge in [-0.25, -0.2) is 4.39 Å². The van der Waals surface area contributed by atoms with Gasteiger partial charge in [0.2, 0.25) is 0 Å². The third kappa shape index (κ3) is 3.23. The van der Waals surface area contributed by atoms with Crippen LogP contribution in [-0.2, 0) is 6.61 Å². The van der Waals surface area contributed by atoms with E-state index in [0.29, 0.717) is 6.61 Å². The van der Waals surface area contributed by atoms with Gasteiger partial charge in [0, 0.05) is 4.47 Å². The SMILES string of the molecule is COc1ccc(COc2cc(Br)ccc2F)cc1. The molecular formula is C14H12BrFO2. The van der Waals surface area contributed by atoms with E-state index in [1.165, 1.54) is 6.07 Å². The van der Waals surface area contributed by atoms with Crippen LogP contribution in [0.1, 0.15) is 5.56 Å². The summed E-state index contributed by atoms with van der Waals surface area (Å²) in [6.07, 6.45) is 0. The zero-order chi connectivity index (χ0) is 13.0. The summed E-state index contributed by atoms with van der Waals surface area (Å²) in [7, 11) is 1.61. The summed E-state index contributed by atoms with van der Waals surface area (Å²) in [4.78, 5) is 0. The number of hydrogen-bond donors (Lipinski definition) is 0. The average molecular weight is 311 g/mol. The third-order valence-corrected chi connectivity index (χ3v) is 2.94. The van der Waals surface area contributed by atoms with Gasteiger partial charge < -0.3 is 9.47 Å². The second-order valence-corrected chi connectivity index (χ2v) is 4.63. The Morgan fingerprint density at radius 1 is 1.11 bits per heavy atom. The van der Waals surface area contributed by atoms with Crippen LogP contribution >= 0.6 is 15.9 Å². The summed E-state index contributed by atoms with van der Waals surface area (Å²) >= 11 is 3.28. The van der Waals surface area contributed by atoms with E-state index < -0.39 is 0 Å². The van der Waals surface area contributed by atoms with Gasteiger partial charge in [-0.1, -0.05) is 28.1 Å². The van der Waals surface area contributed by atoms with E-state index in [0.717, 1.165) is 15.8 Å². The van der Waals surface area contributed by atoms with Crippen molar-refractivity contribution in [3.8, 4) is 11.5 Å². The summed E-state index contributed by atoms with van der Waals surface area (Å²) in [5.74, 6) is 0.652. The molecule has 0 fully saturated rings. The second-order valence-electron chi connectivity index (χ2n) is 3.71. The fourth-order valence-corrected chi connectivity index (χ4v) is 1.81. The summed E-state index contributed by atoms with van der Waals surface area (Å²) in [6.45, 7) is 0.317. The van der Waals surface area contributed by atoms with Crippen LogP contribution in [-0.4, -0.2) is 7.11 Å². The number of ether oxygens (including phenoxy) is 2. The van der Waals surface area contributed by atoms with Crippen LogP contribution in [0, 0.1) is 5.82 Å². The molecule has 0 unspecified atom stereocenters. The van der Waals surface area contributed by atoms with Crippen LogP contribution in [0.2, 0.25) is 0 Å². The molecule has 0 N–H and O–H groups in total. The van der Waals surface area contributed by atoms with E-state index in [-0.39, 0.29) is 11.6 Å². The van der Waals surface area contributed by atoms with Crippen molar-refractivity contribution in [1.29, 1.82) is 0 Å². The second kappa shape index (κ2) is 5.87. The molecule has 0 aliphatic rings. The molecule has 18 heavy (non-hydrogen) atoms. The maximum atomic E-state index is 13.4. The fraction of sp³-hybridized carbons (Fsp3) is 0.143. The Kier molecular flexibility index (Phi) is 4.20. The number of methoxy groups -OCH3 is 1. The smallest absolute Gasteiger partial charge is 0.165 e. The van der Waals surface area contributed by atoms with E-state index >= 15 is 0 Å². The average Bonchev–Trinajstić information content (AvgIpc) is 2.40. The van der Waals surface area contributed by atoms with E-state index in [9.17, 15) is 4.39 Å². The van der Waals surface area contributed by atoms with Crippen LogP contribution < -0.4 is 9.47 Å². The molecule has 0 heterocycles. The quantitative estimate of drug-likeness (QED) is 0.843. The van der Waals surface area contributed by atoms with Crippen molar-refractivity contribution in [3.05, 3.63) is 58.3 Å². The number of hydrogen-bond acceptors (Lipinski definition) is 2. The monoisotopic (exact) mass is 310 g/mol. The van der Waals surface area contributed by atoms with E-state index in [4.69, 9.17) is 9.47 Å². The maximum absolute atomic E-state index is 13.4. The highest BCUT2D eigenvalue weighted by molar-refractivity contribution is 9.10. The molecule has 0 spiro atoms. The topological polar surface area (TPSA) is 18.5 Å². The predicted molar refractivity (Wildman–Crippen MR) is 71.4 cm³/mol. The molecule has 2 rings (SSSR count). The molecule has 4 heteroatoms. The minimum Gasteiger partial charge on any atom is -0.497 e. The lowest BCUT2D eigenvalue weighted by molar-refractivity contribution is 0.290. The summed E-state index contributed by atoms with van der Waals surface area (Å²) in [5, 5.41) is 0. The number of rotatable bonds is 4. The molecule has 94 valence electrons. The Morgan fingerprint density at radius 3 is 2.50 bits per heavy atom. The zero-order valence-electron chi connectivity index (χ0n) is 9.82. The predicted octanol–water partition coefficient (Wildman–Crippen LogP) is 4.18. The lowest BCUT2D eigenvalue weighted by atomic mass is 10.2. The normalized spacial score (nSPS) is 10.2.